The SMILES string of the molecule is COc1cccc(-c2n[nH]c3c2C(c2ccc([N+](=O)[O-])cc2)NC3=O)c1. The second-order valence-electron chi connectivity index (χ2n) is 5.85. The first-order chi connectivity index (χ1) is 12.6. The van der Waals surface area contributed by atoms with E-state index in [1.807, 2.05) is 24.3 Å². The van der Waals surface area contributed by atoms with Gasteiger partial charge >= 0.3 is 0 Å². The molecule has 4 rings (SSSR count). The number of aromatic nitrogens is 2. The van der Waals surface area contributed by atoms with E-state index < -0.39 is 11.0 Å². The zero-order valence-electron chi connectivity index (χ0n) is 13.7. The average molecular weight is 350 g/mol. The van der Waals surface area contributed by atoms with E-state index in [1.54, 1.807) is 19.2 Å². The summed E-state index contributed by atoms with van der Waals surface area (Å²) >= 11 is 0. The van der Waals surface area contributed by atoms with Crippen molar-refractivity contribution in [3.8, 4) is 17.0 Å². The van der Waals surface area contributed by atoms with E-state index in [9.17, 15) is 14.9 Å². The van der Waals surface area contributed by atoms with Gasteiger partial charge in [-0.2, -0.15) is 5.10 Å². The second kappa shape index (κ2) is 5.99. The molecular formula is C18H14N4O4. The summed E-state index contributed by atoms with van der Waals surface area (Å²) in [6.07, 6.45) is 0. The molecule has 2 aromatic carbocycles. The first-order valence-corrected chi connectivity index (χ1v) is 7.86. The normalized spacial score (nSPS) is 15.4. The molecule has 26 heavy (non-hydrogen) atoms. The number of nitrogens with one attached hydrogen (secondary N) is 2. The van der Waals surface area contributed by atoms with E-state index in [0.717, 1.165) is 16.7 Å². The minimum absolute atomic E-state index is 0.00138. The minimum atomic E-state index is -0.456. The fourth-order valence-corrected chi connectivity index (χ4v) is 3.11. The fourth-order valence-electron chi connectivity index (χ4n) is 3.11. The van der Waals surface area contributed by atoms with Crippen LogP contribution in [-0.2, 0) is 0 Å². The van der Waals surface area contributed by atoms with Gasteiger partial charge in [-0.15, -0.1) is 0 Å². The topological polar surface area (TPSA) is 110 Å². The quantitative estimate of drug-likeness (QED) is 0.555. The predicted octanol–water partition coefficient (Wildman–Crippen LogP) is 2.83. The van der Waals surface area contributed by atoms with Gasteiger partial charge in [0.25, 0.3) is 11.6 Å². The summed E-state index contributed by atoms with van der Waals surface area (Å²) in [6.45, 7) is 0. The van der Waals surface area contributed by atoms with E-state index in [4.69, 9.17) is 4.74 Å². The number of methoxy groups -OCH3 is 1. The first-order valence-electron chi connectivity index (χ1n) is 7.86. The zero-order chi connectivity index (χ0) is 18.3. The molecule has 0 spiro atoms. The molecular weight excluding hydrogens is 336 g/mol. The molecule has 1 aliphatic rings. The van der Waals surface area contributed by atoms with Gasteiger partial charge in [0.05, 0.1) is 23.8 Å². The lowest BCUT2D eigenvalue weighted by molar-refractivity contribution is -0.384. The number of non-ortho nitro benzene ring substituents is 1. The van der Waals surface area contributed by atoms with E-state index in [0.29, 0.717) is 17.1 Å². The summed E-state index contributed by atoms with van der Waals surface area (Å²) in [5.41, 5.74) is 3.31. The Morgan fingerprint density at radius 1 is 1.19 bits per heavy atom. The van der Waals surface area contributed by atoms with Crippen LogP contribution >= 0.6 is 0 Å². The number of carbonyl (C=O) groups is 1. The molecule has 1 atom stereocenters. The number of rotatable bonds is 4. The Labute approximate surface area is 148 Å². The molecule has 1 amide bonds. The third-order valence-electron chi connectivity index (χ3n) is 4.38. The van der Waals surface area contributed by atoms with Gasteiger partial charge in [0, 0.05) is 23.3 Å². The van der Waals surface area contributed by atoms with Gasteiger partial charge in [-0.05, 0) is 29.8 Å². The highest BCUT2D eigenvalue weighted by atomic mass is 16.6. The maximum atomic E-state index is 12.3. The summed E-state index contributed by atoms with van der Waals surface area (Å²) in [5, 5.41) is 20.8. The van der Waals surface area contributed by atoms with Crippen molar-refractivity contribution in [1.82, 2.24) is 15.5 Å². The third kappa shape index (κ3) is 2.48. The maximum Gasteiger partial charge on any atom is 0.270 e. The standard InChI is InChI=1S/C18H14N4O4/c1-26-13-4-2-3-11(9-13)16-14-15(19-18(23)17(14)21-20-16)10-5-7-12(8-6-10)22(24)25/h2-9,15H,1H3,(H,19,23)(H,20,21). The van der Waals surface area contributed by atoms with Crippen molar-refractivity contribution in [1.29, 1.82) is 0 Å². The summed E-state index contributed by atoms with van der Waals surface area (Å²) in [4.78, 5) is 22.7. The summed E-state index contributed by atoms with van der Waals surface area (Å²) in [5.74, 6) is 0.424. The van der Waals surface area contributed by atoms with E-state index in [-0.39, 0.29) is 11.6 Å². The number of hydrogen-bond donors (Lipinski definition) is 2. The molecule has 0 bridgehead atoms. The van der Waals surface area contributed by atoms with Crippen molar-refractivity contribution >= 4 is 11.6 Å². The Morgan fingerprint density at radius 2 is 1.96 bits per heavy atom. The number of amides is 1. The lowest BCUT2D eigenvalue weighted by atomic mass is 9.96. The molecule has 2 N–H and O–H groups in total. The van der Waals surface area contributed by atoms with Crippen LogP contribution in [0.4, 0.5) is 5.69 Å². The number of fused-ring (bicyclic) bond motifs is 1. The predicted molar refractivity (Wildman–Crippen MR) is 93.0 cm³/mol. The average Bonchev–Trinajstić information content (AvgIpc) is 3.23. The monoisotopic (exact) mass is 350 g/mol. The van der Waals surface area contributed by atoms with Crippen LogP contribution in [0.3, 0.4) is 0 Å². The van der Waals surface area contributed by atoms with Crippen LogP contribution in [0, 0.1) is 10.1 Å². The molecule has 0 saturated heterocycles. The zero-order valence-corrected chi connectivity index (χ0v) is 13.7. The number of ether oxygens (including phenoxy) is 1. The molecule has 2 heterocycles. The van der Waals surface area contributed by atoms with Crippen molar-refractivity contribution in [2.45, 2.75) is 6.04 Å². The smallest absolute Gasteiger partial charge is 0.270 e. The van der Waals surface area contributed by atoms with E-state index >= 15 is 0 Å². The molecule has 8 nitrogen and oxygen atoms in total. The van der Waals surface area contributed by atoms with Gasteiger partial charge in [-0.25, -0.2) is 0 Å². The Morgan fingerprint density at radius 3 is 2.65 bits per heavy atom. The number of nitro benzene ring substituents is 1. The fraction of sp³-hybridized carbons (Fsp3) is 0.111. The molecule has 8 heteroatoms. The van der Waals surface area contributed by atoms with Crippen LogP contribution in [0.5, 0.6) is 5.75 Å². The lowest BCUT2D eigenvalue weighted by Crippen LogP contribution is -2.21. The number of aromatic amines is 1. The van der Waals surface area contributed by atoms with Crippen LogP contribution < -0.4 is 10.1 Å². The number of nitrogens with zero attached hydrogens (tertiary/aromatic N) is 2. The Balaban J connectivity index is 1.79. The Kier molecular flexibility index (Phi) is 3.65. The van der Waals surface area contributed by atoms with Gasteiger partial charge < -0.3 is 10.1 Å². The summed E-state index contributed by atoms with van der Waals surface area (Å²) in [6, 6.07) is 13.1. The summed E-state index contributed by atoms with van der Waals surface area (Å²) < 4.78 is 5.26. The highest BCUT2D eigenvalue weighted by Gasteiger charge is 2.35. The van der Waals surface area contributed by atoms with Crippen LogP contribution in [-0.4, -0.2) is 28.1 Å². The lowest BCUT2D eigenvalue weighted by Gasteiger charge is -2.13. The molecule has 130 valence electrons. The van der Waals surface area contributed by atoms with Gasteiger partial charge in [0.1, 0.15) is 11.4 Å². The number of benzene rings is 2. The second-order valence-corrected chi connectivity index (χ2v) is 5.85. The molecule has 0 radical (unpaired) electrons. The van der Waals surface area contributed by atoms with Crippen molar-refractivity contribution in [2.24, 2.45) is 0 Å². The van der Waals surface area contributed by atoms with Gasteiger partial charge in [-0.3, -0.25) is 20.0 Å². The van der Waals surface area contributed by atoms with Crippen molar-refractivity contribution in [3.05, 3.63) is 75.5 Å². The summed E-state index contributed by atoms with van der Waals surface area (Å²) in [7, 11) is 1.58. The highest BCUT2D eigenvalue weighted by molar-refractivity contribution is 6.00. The Bertz CT molecular complexity index is 1010. The van der Waals surface area contributed by atoms with Gasteiger partial charge in [0.2, 0.25) is 0 Å². The van der Waals surface area contributed by atoms with Crippen LogP contribution in [0.1, 0.15) is 27.7 Å². The number of hydrogen-bond acceptors (Lipinski definition) is 5. The van der Waals surface area contributed by atoms with Crippen molar-refractivity contribution < 1.29 is 14.5 Å². The van der Waals surface area contributed by atoms with Gasteiger partial charge in [0.15, 0.2) is 0 Å². The van der Waals surface area contributed by atoms with Crippen LogP contribution in [0.25, 0.3) is 11.3 Å². The minimum Gasteiger partial charge on any atom is -0.497 e. The molecule has 3 aromatic rings. The number of H-pyrrole nitrogens is 1. The number of nitro groups is 1. The molecule has 1 aromatic heterocycles. The van der Waals surface area contributed by atoms with E-state index in [2.05, 4.69) is 15.5 Å². The molecule has 0 fully saturated rings. The largest absolute Gasteiger partial charge is 0.497 e. The first kappa shape index (κ1) is 15.8. The van der Waals surface area contributed by atoms with E-state index in [1.165, 1.54) is 12.1 Å². The molecule has 1 aliphatic heterocycles. The maximum absolute atomic E-state index is 12.3. The molecule has 1 unspecified atom stereocenters. The highest BCUT2D eigenvalue weighted by Crippen LogP contribution is 2.38. The van der Waals surface area contributed by atoms with Crippen molar-refractivity contribution in [3.63, 3.8) is 0 Å². The Hall–Kier alpha value is -3.68. The third-order valence-corrected chi connectivity index (χ3v) is 4.38. The van der Waals surface area contributed by atoms with Crippen LogP contribution in [0.15, 0.2) is 48.5 Å². The van der Waals surface area contributed by atoms with Crippen molar-refractivity contribution in [2.75, 3.05) is 7.11 Å². The molecule has 0 saturated carbocycles. The van der Waals surface area contributed by atoms with Crippen LogP contribution in [0.2, 0.25) is 0 Å². The molecule has 0 aliphatic carbocycles. The number of carbonyl (C=O) groups excluding carboxylic acids is 1. The van der Waals surface area contributed by atoms with Gasteiger partial charge in [-0.1, -0.05) is 12.1 Å².